The molecule has 0 unspecified atom stereocenters. The Morgan fingerprint density at radius 3 is 2.40 bits per heavy atom. The lowest BCUT2D eigenvalue weighted by atomic mass is 10.1. The third kappa shape index (κ3) is 2.74. The summed E-state index contributed by atoms with van der Waals surface area (Å²) in [6, 6.07) is 8.54. The second-order valence-electron chi connectivity index (χ2n) is 4.98. The Morgan fingerprint density at radius 1 is 1.05 bits per heavy atom. The van der Waals surface area contributed by atoms with Crippen LogP contribution in [0, 0.1) is 20.8 Å². The molecule has 4 N–H and O–H groups in total. The number of carbonyl (C=O) groups is 1. The Morgan fingerprint density at radius 2 is 1.75 bits per heavy atom. The Labute approximate surface area is 118 Å². The molecule has 2 aromatic rings. The van der Waals surface area contributed by atoms with Crippen molar-refractivity contribution in [3.8, 4) is 5.75 Å². The second kappa shape index (κ2) is 5.25. The third-order valence-corrected chi connectivity index (χ3v) is 3.33. The number of carbonyl (C=O) groups excluding carboxylic acids is 1. The molecule has 0 aromatic heterocycles. The van der Waals surface area contributed by atoms with E-state index in [1.165, 1.54) is 6.07 Å². The molecule has 0 aliphatic rings. The molecular formula is C16H18N2O2. The van der Waals surface area contributed by atoms with Crippen LogP contribution in [0.25, 0.3) is 0 Å². The lowest BCUT2D eigenvalue weighted by Crippen LogP contribution is -2.13. The normalized spacial score (nSPS) is 10.3. The fourth-order valence-corrected chi connectivity index (χ4v) is 1.92. The van der Waals surface area contributed by atoms with Crippen molar-refractivity contribution in [3.05, 3.63) is 52.6 Å². The van der Waals surface area contributed by atoms with Crippen molar-refractivity contribution in [3.63, 3.8) is 0 Å². The topological polar surface area (TPSA) is 75.3 Å². The average molecular weight is 270 g/mol. The van der Waals surface area contributed by atoms with E-state index in [0.29, 0.717) is 11.3 Å². The van der Waals surface area contributed by atoms with Crippen molar-refractivity contribution in [2.45, 2.75) is 20.8 Å². The number of rotatable bonds is 2. The van der Waals surface area contributed by atoms with Crippen LogP contribution in [-0.2, 0) is 0 Å². The Bertz CT molecular complexity index is 678. The SMILES string of the molecule is Cc1cc(NC(=O)c2ccc(C)c(O)c2)c(C)cc1N. The van der Waals surface area contributed by atoms with Gasteiger partial charge in [-0.15, -0.1) is 0 Å². The van der Waals surface area contributed by atoms with Crippen molar-refractivity contribution in [1.29, 1.82) is 0 Å². The van der Waals surface area contributed by atoms with Gasteiger partial charge < -0.3 is 16.2 Å². The molecule has 2 rings (SSSR count). The summed E-state index contributed by atoms with van der Waals surface area (Å²) >= 11 is 0. The van der Waals surface area contributed by atoms with Crippen LogP contribution in [0.3, 0.4) is 0 Å². The maximum Gasteiger partial charge on any atom is 0.255 e. The lowest BCUT2D eigenvalue weighted by Gasteiger charge is -2.11. The second-order valence-corrected chi connectivity index (χ2v) is 4.98. The molecule has 104 valence electrons. The summed E-state index contributed by atoms with van der Waals surface area (Å²) in [6.45, 7) is 5.56. The molecule has 0 spiro atoms. The summed E-state index contributed by atoms with van der Waals surface area (Å²) in [7, 11) is 0. The zero-order valence-corrected chi connectivity index (χ0v) is 11.8. The van der Waals surface area contributed by atoms with Crippen molar-refractivity contribution in [2.24, 2.45) is 0 Å². The van der Waals surface area contributed by atoms with Gasteiger partial charge in [0.2, 0.25) is 0 Å². The van der Waals surface area contributed by atoms with Gasteiger partial charge >= 0.3 is 0 Å². The van der Waals surface area contributed by atoms with Crippen LogP contribution in [0.1, 0.15) is 27.0 Å². The van der Waals surface area contributed by atoms with Gasteiger partial charge in [-0.3, -0.25) is 4.79 Å². The van der Waals surface area contributed by atoms with E-state index in [1.807, 2.05) is 26.0 Å². The third-order valence-electron chi connectivity index (χ3n) is 3.33. The van der Waals surface area contributed by atoms with Crippen LogP contribution >= 0.6 is 0 Å². The van der Waals surface area contributed by atoms with E-state index >= 15 is 0 Å². The molecule has 0 heterocycles. The van der Waals surface area contributed by atoms with Crippen molar-refractivity contribution >= 4 is 17.3 Å². The monoisotopic (exact) mass is 270 g/mol. The van der Waals surface area contributed by atoms with Crippen LogP contribution in [0.15, 0.2) is 30.3 Å². The molecule has 0 bridgehead atoms. The van der Waals surface area contributed by atoms with Crippen molar-refractivity contribution in [2.75, 3.05) is 11.1 Å². The Kier molecular flexibility index (Phi) is 3.66. The zero-order valence-electron chi connectivity index (χ0n) is 11.8. The summed E-state index contributed by atoms with van der Waals surface area (Å²) in [6.07, 6.45) is 0. The number of hydrogen-bond donors (Lipinski definition) is 3. The first-order chi connectivity index (χ1) is 9.38. The molecule has 0 aliphatic heterocycles. The number of nitrogens with two attached hydrogens (primary N) is 1. The minimum atomic E-state index is -0.257. The molecule has 0 saturated carbocycles. The first-order valence-corrected chi connectivity index (χ1v) is 6.36. The number of nitrogen functional groups attached to an aromatic ring is 1. The van der Waals surface area contributed by atoms with Gasteiger partial charge in [-0.25, -0.2) is 0 Å². The quantitative estimate of drug-likeness (QED) is 0.734. The molecule has 2 aromatic carbocycles. The molecule has 0 radical (unpaired) electrons. The fourth-order valence-electron chi connectivity index (χ4n) is 1.92. The number of phenols is 1. The Balaban J connectivity index is 2.27. The van der Waals surface area contributed by atoms with Crippen LogP contribution < -0.4 is 11.1 Å². The van der Waals surface area contributed by atoms with Crippen LogP contribution in [0.5, 0.6) is 5.75 Å². The van der Waals surface area contributed by atoms with E-state index in [-0.39, 0.29) is 11.7 Å². The molecule has 1 amide bonds. The largest absolute Gasteiger partial charge is 0.508 e. The number of aryl methyl sites for hydroxylation is 3. The maximum absolute atomic E-state index is 12.2. The van der Waals surface area contributed by atoms with Gasteiger partial charge in [-0.2, -0.15) is 0 Å². The molecule has 0 fully saturated rings. The van der Waals surface area contributed by atoms with E-state index in [0.717, 1.165) is 22.4 Å². The summed E-state index contributed by atoms with van der Waals surface area (Å²) < 4.78 is 0. The van der Waals surface area contributed by atoms with Gasteiger partial charge in [0.1, 0.15) is 5.75 Å². The molecule has 0 atom stereocenters. The molecular weight excluding hydrogens is 252 g/mol. The van der Waals surface area contributed by atoms with E-state index in [2.05, 4.69) is 5.32 Å². The standard InChI is InChI=1S/C16H18N2O2/c1-9-4-5-12(8-15(9)19)16(20)18-14-7-10(2)13(17)6-11(14)3/h4-8,19H,17H2,1-3H3,(H,18,20). The molecule has 4 nitrogen and oxygen atoms in total. The number of anilines is 2. The summed E-state index contributed by atoms with van der Waals surface area (Å²) in [5.41, 5.74) is 10.2. The first-order valence-electron chi connectivity index (χ1n) is 6.36. The summed E-state index contributed by atoms with van der Waals surface area (Å²) in [5.74, 6) is -0.143. The summed E-state index contributed by atoms with van der Waals surface area (Å²) in [5, 5.41) is 12.5. The smallest absolute Gasteiger partial charge is 0.255 e. The highest BCUT2D eigenvalue weighted by molar-refractivity contribution is 6.05. The number of phenolic OH excluding ortho intramolecular Hbond substituents is 1. The van der Waals surface area contributed by atoms with Gasteiger partial charge in [0.15, 0.2) is 0 Å². The van der Waals surface area contributed by atoms with Gasteiger partial charge in [0, 0.05) is 16.9 Å². The van der Waals surface area contributed by atoms with Gasteiger partial charge in [-0.05, 0) is 61.7 Å². The van der Waals surface area contributed by atoms with E-state index < -0.39 is 0 Å². The highest BCUT2D eigenvalue weighted by Gasteiger charge is 2.10. The fraction of sp³-hybridized carbons (Fsp3) is 0.188. The number of nitrogens with one attached hydrogen (secondary N) is 1. The van der Waals surface area contributed by atoms with Gasteiger partial charge in [-0.1, -0.05) is 6.07 Å². The van der Waals surface area contributed by atoms with Crippen LogP contribution in [0.2, 0.25) is 0 Å². The number of aromatic hydroxyl groups is 1. The minimum Gasteiger partial charge on any atom is -0.508 e. The maximum atomic E-state index is 12.2. The highest BCUT2D eigenvalue weighted by Crippen LogP contribution is 2.23. The van der Waals surface area contributed by atoms with Crippen LogP contribution in [-0.4, -0.2) is 11.0 Å². The molecule has 4 heteroatoms. The number of amides is 1. The minimum absolute atomic E-state index is 0.114. The lowest BCUT2D eigenvalue weighted by molar-refractivity contribution is 0.102. The predicted molar refractivity (Wildman–Crippen MR) is 81.1 cm³/mol. The van der Waals surface area contributed by atoms with Gasteiger partial charge in [0.25, 0.3) is 5.91 Å². The van der Waals surface area contributed by atoms with Crippen molar-refractivity contribution < 1.29 is 9.90 Å². The van der Waals surface area contributed by atoms with E-state index in [1.54, 1.807) is 19.1 Å². The van der Waals surface area contributed by atoms with Gasteiger partial charge in [0.05, 0.1) is 0 Å². The number of benzene rings is 2. The zero-order chi connectivity index (χ0) is 14.9. The van der Waals surface area contributed by atoms with Crippen molar-refractivity contribution in [1.82, 2.24) is 0 Å². The molecule has 0 aliphatic carbocycles. The highest BCUT2D eigenvalue weighted by atomic mass is 16.3. The average Bonchev–Trinajstić information content (AvgIpc) is 2.39. The molecule has 0 saturated heterocycles. The number of hydrogen-bond acceptors (Lipinski definition) is 3. The predicted octanol–water partition coefficient (Wildman–Crippen LogP) is 3.15. The van der Waals surface area contributed by atoms with Crippen LogP contribution in [0.4, 0.5) is 11.4 Å². The van der Waals surface area contributed by atoms with E-state index in [9.17, 15) is 9.90 Å². The Hall–Kier alpha value is -2.49. The first kappa shape index (κ1) is 13.9. The van der Waals surface area contributed by atoms with E-state index in [4.69, 9.17) is 5.73 Å². The summed E-state index contributed by atoms with van der Waals surface area (Å²) in [4.78, 5) is 12.2. The molecule has 20 heavy (non-hydrogen) atoms.